The summed E-state index contributed by atoms with van der Waals surface area (Å²) >= 11 is 0. The van der Waals surface area contributed by atoms with Crippen molar-refractivity contribution in [2.75, 3.05) is 13.1 Å². The number of rotatable bonds is 5. The first kappa shape index (κ1) is 21.5. The smallest absolute Gasteiger partial charge is 0.251 e. The van der Waals surface area contributed by atoms with E-state index in [0.29, 0.717) is 18.7 Å². The van der Waals surface area contributed by atoms with Crippen LogP contribution in [0.5, 0.6) is 0 Å². The van der Waals surface area contributed by atoms with E-state index < -0.39 is 10.0 Å². The molecule has 3 rings (SSSR count). The van der Waals surface area contributed by atoms with Crippen molar-refractivity contribution in [3.63, 3.8) is 0 Å². The summed E-state index contributed by atoms with van der Waals surface area (Å²) in [6.07, 6.45) is 3.78. The van der Waals surface area contributed by atoms with Crippen LogP contribution in [-0.4, -0.2) is 31.7 Å². The van der Waals surface area contributed by atoms with Gasteiger partial charge in [0.25, 0.3) is 5.91 Å². The lowest BCUT2D eigenvalue weighted by Gasteiger charge is -2.21. The minimum absolute atomic E-state index is 0.182. The van der Waals surface area contributed by atoms with Crippen molar-refractivity contribution < 1.29 is 17.6 Å². The van der Waals surface area contributed by atoms with E-state index >= 15 is 0 Å². The van der Waals surface area contributed by atoms with Crippen molar-refractivity contribution in [3.8, 4) is 0 Å². The number of carbonyl (C=O) groups excluding carboxylic acids is 1. The van der Waals surface area contributed by atoms with Gasteiger partial charge in [-0.2, -0.15) is 4.31 Å². The fourth-order valence-electron chi connectivity index (χ4n) is 3.56. The zero-order chi connectivity index (χ0) is 21.0. The molecule has 1 heterocycles. The summed E-state index contributed by atoms with van der Waals surface area (Å²) in [5.41, 5.74) is 1.68. The van der Waals surface area contributed by atoms with Crippen molar-refractivity contribution >= 4 is 15.9 Å². The van der Waals surface area contributed by atoms with E-state index in [0.717, 1.165) is 31.2 Å². The Labute approximate surface area is 172 Å². The van der Waals surface area contributed by atoms with Crippen LogP contribution in [0.3, 0.4) is 0 Å². The molecule has 0 aliphatic carbocycles. The van der Waals surface area contributed by atoms with Crippen LogP contribution in [0.2, 0.25) is 0 Å². The average molecular weight is 419 g/mol. The monoisotopic (exact) mass is 418 g/mol. The maximum Gasteiger partial charge on any atom is 0.251 e. The number of halogens is 1. The third-order valence-corrected chi connectivity index (χ3v) is 7.39. The van der Waals surface area contributed by atoms with Gasteiger partial charge < -0.3 is 5.32 Å². The van der Waals surface area contributed by atoms with Crippen LogP contribution in [0.25, 0.3) is 0 Å². The average Bonchev–Trinajstić information content (AvgIpc) is 2.98. The molecule has 2 aromatic rings. The normalized spacial score (nSPS) is 16.8. The highest BCUT2D eigenvalue weighted by Gasteiger charge is 2.27. The first-order valence-electron chi connectivity index (χ1n) is 9.96. The number of hydrogen-bond acceptors (Lipinski definition) is 3. The molecule has 1 amide bonds. The van der Waals surface area contributed by atoms with E-state index in [2.05, 4.69) is 5.32 Å². The number of amides is 1. The van der Waals surface area contributed by atoms with Crippen LogP contribution in [0, 0.1) is 12.7 Å². The first-order chi connectivity index (χ1) is 13.8. The van der Waals surface area contributed by atoms with Crippen molar-refractivity contribution in [3.05, 3.63) is 65.0 Å². The van der Waals surface area contributed by atoms with Crippen LogP contribution in [0.15, 0.2) is 47.4 Å². The summed E-state index contributed by atoms with van der Waals surface area (Å²) in [5, 5.41) is 2.85. The summed E-state index contributed by atoms with van der Waals surface area (Å²) in [7, 11) is -3.65. The van der Waals surface area contributed by atoms with Crippen LogP contribution in [0.1, 0.15) is 60.1 Å². The number of sulfonamides is 1. The van der Waals surface area contributed by atoms with Crippen molar-refractivity contribution in [1.82, 2.24) is 9.62 Å². The van der Waals surface area contributed by atoms with Gasteiger partial charge in [-0.1, -0.05) is 31.0 Å². The van der Waals surface area contributed by atoms with Gasteiger partial charge in [-0.15, -0.1) is 0 Å². The van der Waals surface area contributed by atoms with Crippen molar-refractivity contribution in [2.24, 2.45) is 0 Å². The topological polar surface area (TPSA) is 66.5 Å². The molecular formula is C22H27FN2O3S. The molecule has 0 aromatic heterocycles. The Morgan fingerprint density at radius 1 is 1.03 bits per heavy atom. The van der Waals surface area contributed by atoms with E-state index in [9.17, 15) is 17.6 Å². The fraction of sp³-hybridized carbons (Fsp3) is 0.409. The Bertz CT molecular complexity index is 966. The number of hydrogen-bond donors (Lipinski definition) is 1. The molecule has 29 heavy (non-hydrogen) atoms. The minimum Gasteiger partial charge on any atom is -0.346 e. The van der Waals surface area contributed by atoms with Gasteiger partial charge in [-0.25, -0.2) is 12.8 Å². The van der Waals surface area contributed by atoms with Gasteiger partial charge in [0.2, 0.25) is 10.0 Å². The van der Waals surface area contributed by atoms with Crippen LogP contribution in [-0.2, 0) is 10.0 Å². The highest BCUT2D eigenvalue weighted by atomic mass is 32.2. The van der Waals surface area contributed by atoms with E-state index in [1.54, 1.807) is 38.1 Å². The molecule has 1 fully saturated rings. The Hall–Kier alpha value is -2.25. The van der Waals surface area contributed by atoms with Gasteiger partial charge in [0.15, 0.2) is 0 Å². The summed E-state index contributed by atoms with van der Waals surface area (Å²) in [4.78, 5) is 12.9. The van der Waals surface area contributed by atoms with E-state index in [4.69, 9.17) is 0 Å². The zero-order valence-corrected chi connectivity index (χ0v) is 17.6. The summed E-state index contributed by atoms with van der Waals surface area (Å²) in [6, 6.07) is 10.3. The van der Waals surface area contributed by atoms with Crippen LogP contribution >= 0.6 is 0 Å². The largest absolute Gasteiger partial charge is 0.346 e. The molecule has 1 aliphatic heterocycles. The second-order valence-corrected chi connectivity index (χ2v) is 9.45. The molecule has 0 spiro atoms. The van der Waals surface area contributed by atoms with Crippen LogP contribution < -0.4 is 5.32 Å². The van der Waals surface area contributed by atoms with Gasteiger partial charge in [0, 0.05) is 18.7 Å². The minimum atomic E-state index is -3.65. The molecule has 0 radical (unpaired) electrons. The number of aryl methyl sites for hydroxylation is 1. The van der Waals surface area contributed by atoms with Gasteiger partial charge >= 0.3 is 0 Å². The third-order valence-electron chi connectivity index (χ3n) is 5.35. The molecule has 7 heteroatoms. The van der Waals surface area contributed by atoms with Crippen LogP contribution in [0.4, 0.5) is 4.39 Å². The molecular weight excluding hydrogens is 391 g/mol. The predicted octanol–water partition coefficient (Wildman–Crippen LogP) is 4.19. The van der Waals surface area contributed by atoms with E-state index in [1.165, 1.54) is 22.5 Å². The summed E-state index contributed by atoms with van der Waals surface area (Å²) in [6.45, 7) is 4.57. The maximum absolute atomic E-state index is 13.2. The molecule has 1 aliphatic rings. The number of nitrogens with zero attached hydrogens (tertiary/aromatic N) is 1. The molecule has 1 N–H and O–H groups in total. The summed E-state index contributed by atoms with van der Waals surface area (Å²) in [5.74, 6) is -0.705. The Balaban J connectivity index is 1.82. The van der Waals surface area contributed by atoms with E-state index in [-0.39, 0.29) is 28.2 Å². The Morgan fingerprint density at radius 2 is 1.66 bits per heavy atom. The van der Waals surface area contributed by atoms with Gasteiger partial charge in [-0.05, 0) is 62.1 Å². The molecule has 0 bridgehead atoms. The van der Waals surface area contributed by atoms with Crippen molar-refractivity contribution in [1.29, 1.82) is 0 Å². The molecule has 5 nitrogen and oxygen atoms in total. The highest BCUT2D eigenvalue weighted by Crippen LogP contribution is 2.24. The zero-order valence-electron chi connectivity index (χ0n) is 16.8. The SMILES string of the molecule is Cc1ccc(C(=O)N[C@H](C)c2ccc(F)cc2)cc1S(=O)(=O)N1CCCCCC1. The lowest BCUT2D eigenvalue weighted by molar-refractivity contribution is 0.0939. The molecule has 2 aromatic carbocycles. The lowest BCUT2D eigenvalue weighted by Crippen LogP contribution is -2.33. The molecule has 1 atom stereocenters. The first-order valence-corrected chi connectivity index (χ1v) is 11.4. The molecule has 156 valence electrons. The van der Waals surface area contributed by atoms with Gasteiger partial charge in [0.1, 0.15) is 5.82 Å². The number of nitrogens with one attached hydrogen (secondary N) is 1. The lowest BCUT2D eigenvalue weighted by atomic mass is 10.1. The van der Waals surface area contributed by atoms with Gasteiger partial charge in [0.05, 0.1) is 10.9 Å². The molecule has 0 unspecified atom stereocenters. The maximum atomic E-state index is 13.2. The highest BCUT2D eigenvalue weighted by molar-refractivity contribution is 7.89. The van der Waals surface area contributed by atoms with Gasteiger partial charge in [-0.3, -0.25) is 4.79 Å². The second kappa shape index (κ2) is 9.05. The van der Waals surface area contributed by atoms with Crippen molar-refractivity contribution in [2.45, 2.75) is 50.5 Å². The summed E-state index contributed by atoms with van der Waals surface area (Å²) < 4.78 is 41.0. The third kappa shape index (κ3) is 5.03. The number of carbonyl (C=O) groups is 1. The number of benzene rings is 2. The predicted molar refractivity (Wildman–Crippen MR) is 111 cm³/mol. The fourth-order valence-corrected chi connectivity index (χ4v) is 5.32. The van der Waals surface area contributed by atoms with E-state index in [1.807, 2.05) is 0 Å². The second-order valence-electron chi connectivity index (χ2n) is 7.55. The Morgan fingerprint density at radius 3 is 2.28 bits per heavy atom. The Kier molecular flexibility index (Phi) is 6.70. The molecule has 1 saturated heterocycles. The standard InChI is InChI=1S/C22H27FN2O3S/c1-16-7-8-19(22(26)24-17(2)18-9-11-20(23)12-10-18)15-21(16)29(27,28)25-13-5-3-4-6-14-25/h7-12,15,17H,3-6,13-14H2,1-2H3,(H,24,26)/t17-/m1/s1. The molecule has 0 saturated carbocycles. The quantitative estimate of drug-likeness (QED) is 0.792.